The molecule has 3 aromatic heterocycles. The Hall–Kier alpha value is -3.96. The highest BCUT2D eigenvalue weighted by Gasteiger charge is 2.25. The minimum atomic E-state index is -3.51. The molecule has 5 heterocycles. The number of pyridine rings is 3. The minimum absolute atomic E-state index is 0.114. The lowest BCUT2D eigenvalue weighted by Gasteiger charge is -2.17. The molecule has 11 heteroatoms. The molecule has 2 aliphatic rings. The van der Waals surface area contributed by atoms with E-state index in [1.165, 1.54) is 18.3 Å². The molecule has 0 atom stereocenters. The molecule has 0 spiro atoms. The number of hydrogen-bond donors (Lipinski definition) is 1. The topological polar surface area (TPSA) is 114 Å². The van der Waals surface area contributed by atoms with Gasteiger partial charge >= 0.3 is 0 Å². The van der Waals surface area contributed by atoms with Crippen molar-refractivity contribution in [2.75, 3.05) is 23.8 Å². The van der Waals surface area contributed by atoms with Gasteiger partial charge in [0.15, 0.2) is 9.84 Å². The lowest BCUT2D eigenvalue weighted by molar-refractivity contribution is 0.0950. The summed E-state index contributed by atoms with van der Waals surface area (Å²) in [6.45, 7) is 1.12. The molecule has 0 saturated carbocycles. The van der Waals surface area contributed by atoms with E-state index in [0.29, 0.717) is 41.4 Å². The summed E-state index contributed by atoms with van der Waals surface area (Å²) in [6.07, 6.45) is 3.58. The summed E-state index contributed by atoms with van der Waals surface area (Å²) < 4.78 is 43.9. The predicted octanol–water partition coefficient (Wildman–Crippen LogP) is 3.09. The van der Waals surface area contributed by atoms with Crippen molar-refractivity contribution in [1.29, 1.82) is 0 Å². The van der Waals surface area contributed by atoms with Crippen molar-refractivity contribution in [3.63, 3.8) is 0 Å². The molecule has 1 N–H and O–H groups in total. The van der Waals surface area contributed by atoms with Crippen LogP contribution in [0.4, 0.5) is 16.0 Å². The summed E-state index contributed by atoms with van der Waals surface area (Å²) in [6, 6.07) is 11.7. The number of halogens is 1. The van der Waals surface area contributed by atoms with E-state index in [0.717, 1.165) is 10.9 Å². The maximum absolute atomic E-state index is 13.5. The maximum atomic E-state index is 13.5. The molecule has 188 valence electrons. The number of hydrogen-bond acceptors (Lipinski definition) is 8. The van der Waals surface area contributed by atoms with Gasteiger partial charge in [-0.05, 0) is 53.9 Å². The van der Waals surface area contributed by atoms with Crippen LogP contribution in [0.15, 0.2) is 59.8 Å². The summed E-state index contributed by atoms with van der Waals surface area (Å²) in [5.41, 5.74) is 2.94. The summed E-state index contributed by atoms with van der Waals surface area (Å²) in [4.78, 5) is 28.3. The summed E-state index contributed by atoms with van der Waals surface area (Å²) in [7, 11) is -3.51. The molecule has 1 aromatic carbocycles. The lowest BCUT2D eigenvalue weighted by Crippen LogP contribution is -2.24. The van der Waals surface area contributed by atoms with Crippen LogP contribution in [0.5, 0.6) is 0 Å². The van der Waals surface area contributed by atoms with Crippen LogP contribution in [-0.2, 0) is 34.1 Å². The minimum Gasteiger partial charge on any atom is -0.376 e. The van der Waals surface area contributed by atoms with Gasteiger partial charge in [-0.25, -0.2) is 22.8 Å². The highest BCUT2D eigenvalue weighted by Crippen LogP contribution is 2.32. The molecule has 0 radical (unpaired) electrons. The number of carbonyl (C=O) groups excluding carboxylic acids is 1. The first-order chi connectivity index (χ1) is 17.9. The van der Waals surface area contributed by atoms with Gasteiger partial charge in [0.05, 0.1) is 47.8 Å². The van der Waals surface area contributed by atoms with E-state index in [1.54, 1.807) is 24.4 Å². The van der Waals surface area contributed by atoms with Gasteiger partial charge in [-0.15, -0.1) is 0 Å². The first-order valence-electron chi connectivity index (χ1n) is 11.8. The Kier molecular flexibility index (Phi) is 5.81. The third kappa shape index (κ3) is 4.51. The molecule has 0 bridgehead atoms. The van der Waals surface area contributed by atoms with Crippen molar-refractivity contribution in [3.8, 4) is 0 Å². The second kappa shape index (κ2) is 9.16. The zero-order valence-electron chi connectivity index (χ0n) is 19.6. The Morgan fingerprint density at radius 1 is 1.08 bits per heavy atom. The molecular formula is C26H22FN5O4S. The van der Waals surface area contributed by atoms with Gasteiger partial charge < -0.3 is 15.0 Å². The van der Waals surface area contributed by atoms with E-state index in [4.69, 9.17) is 9.72 Å². The fraction of sp³-hybridized carbons (Fsp3) is 0.231. The van der Waals surface area contributed by atoms with Crippen LogP contribution in [0.25, 0.3) is 10.9 Å². The first kappa shape index (κ1) is 23.4. The number of anilines is 2. The van der Waals surface area contributed by atoms with Gasteiger partial charge in [0.25, 0.3) is 5.91 Å². The number of amides is 1. The SMILES string of the molecule is O=C(NCc1cc2nc(N3CCc4cc(F)cnc43)ccc2cn1)c1ccc2c(c1)S(=O)(=O)CCOC2. The Morgan fingerprint density at radius 3 is 2.86 bits per heavy atom. The van der Waals surface area contributed by atoms with E-state index < -0.39 is 15.7 Å². The molecule has 6 rings (SSSR count). The van der Waals surface area contributed by atoms with Crippen LogP contribution in [-0.4, -0.2) is 48.2 Å². The van der Waals surface area contributed by atoms with Gasteiger partial charge in [0.1, 0.15) is 17.5 Å². The van der Waals surface area contributed by atoms with E-state index in [2.05, 4.69) is 15.3 Å². The molecule has 0 saturated heterocycles. The standard InChI is InChI=1S/C26H22FN5O4S/c27-20-9-16-5-6-32(25(16)29-13-20)24-4-3-18-12-28-21(11-22(18)31-24)14-30-26(33)17-1-2-19-15-36-7-8-37(34,35)23(19)10-17/h1-4,9-13H,5-8,14-15H2,(H,30,33). The fourth-order valence-corrected chi connectivity index (χ4v) is 5.98. The van der Waals surface area contributed by atoms with Crippen molar-refractivity contribution in [3.05, 3.63) is 83.1 Å². The van der Waals surface area contributed by atoms with Crippen LogP contribution in [0, 0.1) is 5.82 Å². The van der Waals surface area contributed by atoms with Gasteiger partial charge in [0, 0.05) is 23.7 Å². The Morgan fingerprint density at radius 2 is 1.97 bits per heavy atom. The number of aromatic nitrogens is 3. The quantitative estimate of drug-likeness (QED) is 0.438. The van der Waals surface area contributed by atoms with Crippen LogP contribution in [0.3, 0.4) is 0 Å². The average Bonchev–Trinajstić information content (AvgIpc) is 3.25. The molecule has 9 nitrogen and oxygen atoms in total. The zero-order chi connectivity index (χ0) is 25.6. The monoisotopic (exact) mass is 519 g/mol. The average molecular weight is 520 g/mol. The van der Waals surface area contributed by atoms with Gasteiger partial charge in [-0.1, -0.05) is 6.07 Å². The number of sulfone groups is 1. The first-order valence-corrected chi connectivity index (χ1v) is 13.4. The number of carbonyl (C=O) groups is 1. The maximum Gasteiger partial charge on any atom is 0.251 e. The second-order valence-corrected chi connectivity index (χ2v) is 11.0. The van der Waals surface area contributed by atoms with Crippen molar-refractivity contribution in [1.82, 2.24) is 20.3 Å². The number of benzene rings is 1. The predicted molar refractivity (Wildman–Crippen MR) is 134 cm³/mol. The van der Waals surface area contributed by atoms with Crippen LogP contribution < -0.4 is 10.2 Å². The normalized spacial score (nSPS) is 16.2. The largest absolute Gasteiger partial charge is 0.376 e. The molecule has 2 aliphatic heterocycles. The van der Waals surface area contributed by atoms with E-state index >= 15 is 0 Å². The third-order valence-electron chi connectivity index (χ3n) is 6.51. The summed E-state index contributed by atoms with van der Waals surface area (Å²) in [5, 5.41) is 3.64. The number of rotatable bonds is 4. The van der Waals surface area contributed by atoms with Crippen molar-refractivity contribution in [2.24, 2.45) is 0 Å². The second-order valence-electron chi connectivity index (χ2n) is 8.95. The zero-order valence-corrected chi connectivity index (χ0v) is 20.5. The number of nitrogens with zero attached hydrogens (tertiary/aromatic N) is 4. The number of ether oxygens (including phenoxy) is 1. The fourth-order valence-electron chi connectivity index (χ4n) is 4.59. The van der Waals surface area contributed by atoms with Crippen molar-refractivity contribution < 1.29 is 22.3 Å². The van der Waals surface area contributed by atoms with Crippen molar-refractivity contribution >= 4 is 38.3 Å². The van der Waals surface area contributed by atoms with Gasteiger partial charge in [0.2, 0.25) is 0 Å². The van der Waals surface area contributed by atoms with E-state index in [9.17, 15) is 17.6 Å². The molecular weight excluding hydrogens is 497 g/mol. The van der Waals surface area contributed by atoms with Gasteiger partial charge in [-0.2, -0.15) is 0 Å². The molecule has 37 heavy (non-hydrogen) atoms. The molecule has 4 aromatic rings. The Labute approximate surface area is 212 Å². The summed E-state index contributed by atoms with van der Waals surface area (Å²) in [5.74, 6) is 0.521. The molecule has 0 fully saturated rings. The third-order valence-corrected chi connectivity index (χ3v) is 8.26. The lowest BCUT2D eigenvalue weighted by atomic mass is 10.1. The number of fused-ring (bicyclic) bond motifs is 3. The van der Waals surface area contributed by atoms with Gasteiger partial charge in [-0.3, -0.25) is 9.78 Å². The molecule has 0 aliphatic carbocycles. The van der Waals surface area contributed by atoms with Crippen LogP contribution in [0.1, 0.15) is 27.2 Å². The molecule has 0 unspecified atom stereocenters. The molecule has 1 amide bonds. The van der Waals surface area contributed by atoms with Crippen molar-refractivity contribution in [2.45, 2.75) is 24.5 Å². The van der Waals surface area contributed by atoms with Crippen LogP contribution in [0.2, 0.25) is 0 Å². The Balaban J connectivity index is 1.21. The highest BCUT2D eigenvalue weighted by atomic mass is 32.2. The number of nitrogens with one attached hydrogen (secondary N) is 1. The highest BCUT2D eigenvalue weighted by molar-refractivity contribution is 7.91. The van der Waals surface area contributed by atoms with Crippen LogP contribution >= 0.6 is 0 Å². The van der Waals surface area contributed by atoms with E-state index in [1.807, 2.05) is 17.0 Å². The van der Waals surface area contributed by atoms with E-state index in [-0.39, 0.29) is 41.8 Å². The smallest absolute Gasteiger partial charge is 0.251 e. The Bertz CT molecular complexity index is 1660. The summed E-state index contributed by atoms with van der Waals surface area (Å²) >= 11 is 0.